The number of hydrogen-bond donors (Lipinski definition) is 0. The highest BCUT2D eigenvalue weighted by molar-refractivity contribution is 7.17. The molecule has 0 fully saturated rings. The highest BCUT2D eigenvalue weighted by atomic mass is 35.5. The minimum Gasteiger partial charge on any atom is -0.496 e. The van der Waals surface area contributed by atoms with Gasteiger partial charge in [-0.3, -0.25) is 9.36 Å². The molecule has 152 valence electrons. The Morgan fingerprint density at radius 2 is 1.93 bits per heavy atom. The molecule has 0 aliphatic rings. The maximum atomic E-state index is 13.1. The summed E-state index contributed by atoms with van der Waals surface area (Å²) < 4.78 is 12.2. The number of carbonyl (C=O) groups is 1. The van der Waals surface area contributed by atoms with Crippen molar-refractivity contribution in [2.45, 2.75) is 6.54 Å². The van der Waals surface area contributed by atoms with E-state index in [1.54, 1.807) is 25.3 Å². The standard InChI is InChI=1S/C22H17ClN2O4S/c1-28-18-8-5-14(22(27)29-2)9-15(18)10-25-12-24-19-17(11-30-20(19)21(25)26)13-3-6-16(23)7-4-13/h3-9,11-12H,10H2,1-2H3. The monoisotopic (exact) mass is 440 g/mol. The lowest BCUT2D eigenvalue weighted by Gasteiger charge is -2.12. The lowest BCUT2D eigenvalue weighted by Crippen LogP contribution is -2.21. The van der Waals surface area contributed by atoms with Crippen LogP contribution in [0.1, 0.15) is 15.9 Å². The van der Waals surface area contributed by atoms with Crippen molar-refractivity contribution in [3.8, 4) is 16.9 Å². The van der Waals surface area contributed by atoms with E-state index in [0.717, 1.165) is 11.1 Å². The summed E-state index contributed by atoms with van der Waals surface area (Å²) >= 11 is 7.33. The Hall–Kier alpha value is -3.16. The number of benzene rings is 2. The molecule has 0 unspecified atom stereocenters. The normalized spacial score (nSPS) is 10.9. The molecule has 0 amide bonds. The van der Waals surface area contributed by atoms with E-state index in [2.05, 4.69) is 4.98 Å². The number of hydrogen-bond acceptors (Lipinski definition) is 6. The maximum Gasteiger partial charge on any atom is 0.337 e. The van der Waals surface area contributed by atoms with Crippen LogP contribution in [0.5, 0.6) is 5.75 Å². The van der Waals surface area contributed by atoms with Crippen LogP contribution < -0.4 is 10.3 Å². The summed E-state index contributed by atoms with van der Waals surface area (Å²) in [7, 11) is 2.86. The fourth-order valence-corrected chi connectivity index (χ4v) is 4.32. The van der Waals surface area contributed by atoms with Crippen molar-refractivity contribution in [1.29, 1.82) is 0 Å². The summed E-state index contributed by atoms with van der Waals surface area (Å²) in [5.74, 6) is 0.119. The van der Waals surface area contributed by atoms with Crippen LogP contribution in [0.2, 0.25) is 5.02 Å². The van der Waals surface area contributed by atoms with Crippen molar-refractivity contribution in [1.82, 2.24) is 9.55 Å². The van der Waals surface area contributed by atoms with Crippen molar-refractivity contribution >= 4 is 39.1 Å². The largest absolute Gasteiger partial charge is 0.496 e. The van der Waals surface area contributed by atoms with E-state index in [1.807, 2.05) is 29.6 Å². The number of rotatable bonds is 5. The lowest BCUT2D eigenvalue weighted by molar-refractivity contribution is 0.0600. The number of aromatic nitrogens is 2. The van der Waals surface area contributed by atoms with Crippen molar-refractivity contribution in [3.05, 3.63) is 80.7 Å². The Morgan fingerprint density at radius 1 is 1.17 bits per heavy atom. The third kappa shape index (κ3) is 3.69. The molecule has 0 aliphatic carbocycles. The van der Waals surface area contributed by atoms with E-state index in [1.165, 1.54) is 29.3 Å². The average molecular weight is 441 g/mol. The van der Waals surface area contributed by atoms with E-state index in [4.69, 9.17) is 21.1 Å². The summed E-state index contributed by atoms with van der Waals surface area (Å²) in [5.41, 5.74) is 3.40. The van der Waals surface area contributed by atoms with Gasteiger partial charge in [0.1, 0.15) is 10.4 Å². The molecule has 4 rings (SSSR count). The molecule has 2 aromatic carbocycles. The summed E-state index contributed by atoms with van der Waals surface area (Å²) in [5, 5.41) is 2.57. The van der Waals surface area contributed by atoms with Crippen molar-refractivity contribution < 1.29 is 14.3 Å². The molecule has 2 aromatic heterocycles. The zero-order chi connectivity index (χ0) is 21.3. The fourth-order valence-electron chi connectivity index (χ4n) is 3.22. The Bertz CT molecular complexity index is 1290. The van der Waals surface area contributed by atoms with Crippen LogP contribution in [0, 0.1) is 0 Å². The zero-order valence-electron chi connectivity index (χ0n) is 16.2. The smallest absolute Gasteiger partial charge is 0.337 e. The molecule has 8 heteroatoms. The molecule has 0 spiro atoms. The second-order valence-electron chi connectivity index (χ2n) is 6.53. The number of nitrogens with zero attached hydrogens (tertiary/aromatic N) is 2. The van der Waals surface area contributed by atoms with Crippen LogP contribution in [0.25, 0.3) is 21.3 Å². The first kappa shape index (κ1) is 20.1. The zero-order valence-corrected chi connectivity index (χ0v) is 17.8. The molecule has 4 aromatic rings. The second kappa shape index (κ2) is 8.30. The Balaban J connectivity index is 1.75. The van der Waals surface area contributed by atoms with Crippen LogP contribution in [-0.2, 0) is 11.3 Å². The summed E-state index contributed by atoms with van der Waals surface area (Å²) in [6.07, 6.45) is 1.51. The van der Waals surface area contributed by atoms with Gasteiger partial charge >= 0.3 is 5.97 Å². The van der Waals surface area contributed by atoms with Crippen LogP contribution in [0.4, 0.5) is 0 Å². The molecule has 30 heavy (non-hydrogen) atoms. The Kier molecular flexibility index (Phi) is 5.57. The maximum absolute atomic E-state index is 13.1. The van der Waals surface area contributed by atoms with Crippen LogP contribution in [0.15, 0.2) is 59.0 Å². The van der Waals surface area contributed by atoms with Gasteiger partial charge in [0.2, 0.25) is 0 Å². The number of ether oxygens (including phenoxy) is 2. The number of thiophene rings is 1. The fraction of sp³-hybridized carbons (Fsp3) is 0.136. The van der Waals surface area contributed by atoms with Gasteiger partial charge in [0.25, 0.3) is 5.56 Å². The van der Waals surface area contributed by atoms with E-state index in [0.29, 0.717) is 32.1 Å². The second-order valence-corrected chi connectivity index (χ2v) is 7.85. The minimum atomic E-state index is -0.453. The third-order valence-electron chi connectivity index (χ3n) is 4.74. The van der Waals surface area contributed by atoms with Crippen molar-refractivity contribution in [3.63, 3.8) is 0 Å². The van der Waals surface area contributed by atoms with Gasteiger partial charge in [0.15, 0.2) is 0 Å². The average Bonchev–Trinajstić information content (AvgIpc) is 3.20. The number of halogens is 1. The van der Waals surface area contributed by atoms with Gasteiger partial charge in [0, 0.05) is 21.5 Å². The van der Waals surface area contributed by atoms with Gasteiger partial charge in [-0.2, -0.15) is 0 Å². The molecule has 2 heterocycles. The van der Waals surface area contributed by atoms with Crippen molar-refractivity contribution in [2.75, 3.05) is 14.2 Å². The van der Waals surface area contributed by atoms with Gasteiger partial charge in [-0.15, -0.1) is 11.3 Å². The van der Waals surface area contributed by atoms with Gasteiger partial charge in [-0.05, 0) is 35.9 Å². The van der Waals surface area contributed by atoms with Gasteiger partial charge in [0.05, 0.1) is 38.2 Å². The molecular formula is C22H17ClN2O4S. The van der Waals surface area contributed by atoms with E-state index in [-0.39, 0.29) is 12.1 Å². The summed E-state index contributed by atoms with van der Waals surface area (Å²) in [6, 6.07) is 12.4. The molecule has 0 N–H and O–H groups in total. The first-order valence-corrected chi connectivity index (χ1v) is 10.3. The Labute approximate surface area is 181 Å². The summed E-state index contributed by atoms with van der Waals surface area (Å²) in [6.45, 7) is 0.212. The highest BCUT2D eigenvalue weighted by Gasteiger charge is 2.15. The van der Waals surface area contributed by atoms with Gasteiger partial charge < -0.3 is 9.47 Å². The number of methoxy groups -OCH3 is 2. The molecule has 0 aliphatic heterocycles. The van der Waals surface area contributed by atoms with E-state index < -0.39 is 5.97 Å². The van der Waals surface area contributed by atoms with Crippen LogP contribution >= 0.6 is 22.9 Å². The molecule has 0 radical (unpaired) electrons. The highest BCUT2D eigenvalue weighted by Crippen LogP contribution is 2.31. The van der Waals surface area contributed by atoms with E-state index >= 15 is 0 Å². The molecule has 0 atom stereocenters. The van der Waals surface area contributed by atoms with E-state index in [9.17, 15) is 9.59 Å². The molecule has 0 saturated heterocycles. The summed E-state index contributed by atoms with van der Waals surface area (Å²) in [4.78, 5) is 29.5. The molecule has 0 bridgehead atoms. The van der Waals surface area contributed by atoms with Crippen molar-refractivity contribution in [2.24, 2.45) is 0 Å². The molecule has 6 nitrogen and oxygen atoms in total. The predicted octanol–water partition coefficient (Wildman–Crippen LogP) is 4.62. The lowest BCUT2D eigenvalue weighted by atomic mass is 10.1. The predicted molar refractivity (Wildman–Crippen MR) is 118 cm³/mol. The first-order chi connectivity index (χ1) is 14.5. The first-order valence-electron chi connectivity index (χ1n) is 8.99. The van der Waals surface area contributed by atoms with Crippen LogP contribution in [-0.4, -0.2) is 29.7 Å². The van der Waals surface area contributed by atoms with Crippen LogP contribution in [0.3, 0.4) is 0 Å². The number of fused-ring (bicyclic) bond motifs is 1. The third-order valence-corrected chi connectivity index (χ3v) is 5.95. The minimum absolute atomic E-state index is 0.157. The number of carbonyl (C=O) groups excluding carboxylic acids is 1. The Morgan fingerprint density at radius 3 is 2.63 bits per heavy atom. The SMILES string of the molecule is COC(=O)c1ccc(OC)c(Cn2cnc3c(-c4ccc(Cl)cc4)csc3c2=O)c1. The quantitative estimate of drug-likeness (QED) is 0.423. The molecule has 0 saturated carbocycles. The van der Waals surface area contributed by atoms with Gasteiger partial charge in [-0.25, -0.2) is 9.78 Å². The molecular weight excluding hydrogens is 424 g/mol. The number of esters is 1. The van der Waals surface area contributed by atoms with Gasteiger partial charge in [-0.1, -0.05) is 23.7 Å². The topological polar surface area (TPSA) is 70.4 Å².